The maximum absolute atomic E-state index is 12.7. The van der Waals surface area contributed by atoms with Crippen LogP contribution in [0.1, 0.15) is 24.0 Å². The summed E-state index contributed by atoms with van der Waals surface area (Å²) in [6, 6.07) is 2.65. The second-order valence-corrected chi connectivity index (χ2v) is 5.56. The molecule has 0 spiro atoms. The third kappa shape index (κ3) is 4.14. The lowest BCUT2D eigenvalue weighted by molar-refractivity contribution is -0.143. The number of urea groups is 1. The number of halogens is 3. The van der Waals surface area contributed by atoms with E-state index in [9.17, 15) is 22.8 Å². The van der Waals surface area contributed by atoms with Gasteiger partial charge in [-0.3, -0.25) is 4.79 Å². The van der Waals surface area contributed by atoms with Gasteiger partial charge >= 0.3 is 18.2 Å². The molecule has 1 aromatic carbocycles. The second-order valence-electron chi connectivity index (χ2n) is 5.56. The summed E-state index contributed by atoms with van der Waals surface area (Å²) in [5.74, 6) is -1.37. The molecule has 0 unspecified atom stereocenters. The smallest absolute Gasteiger partial charge is 0.416 e. The number of aryl methyl sites for hydroxylation is 1. The summed E-state index contributed by atoms with van der Waals surface area (Å²) in [6.07, 6.45) is -3.80. The van der Waals surface area contributed by atoms with Crippen molar-refractivity contribution in [3.8, 4) is 0 Å². The molecule has 1 fully saturated rings. The number of carboxylic acids is 1. The van der Waals surface area contributed by atoms with E-state index < -0.39 is 29.7 Å². The summed E-state index contributed by atoms with van der Waals surface area (Å²) >= 11 is 0. The molecule has 0 bridgehead atoms. The fourth-order valence-electron chi connectivity index (χ4n) is 2.46. The molecule has 8 heteroatoms. The summed E-state index contributed by atoms with van der Waals surface area (Å²) in [5, 5.41) is 11.4. The molecule has 23 heavy (non-hydrogen) atoms. The molecule has 0 atom stereocenters. The number of alkyl halides is 3. The van der Waals surface area contributed by atoms with Crippen molar-refractivity contribution in [1.29, 1.82) is 0 Å². The van der Waals surface area contributed by atoms with Crippen LogP contribution >= 0.6 is 0 Å². The summed E-state index contributed by atoms with van der Waals surface area (Å²) in [6.45, 7) is 2.13. The van der Waals surface area contributed by atoms with Gasteiger partial charge in [-0.25, -0.2) is 4.79 Å². The number of aliphatic carboxylic acids is 1. The maximum atomic E-state index is 12.7. The number of benzene rings is 1. The molecule has 1 heterocycles. The molecule has 0 aliphatic carbocycles. The zero-order chi connectivity index (χ0) is 17.2. The molecule has 0 saturated carbocycles. The fraction of sp³-hybridized carbons (Fsp3) is 0.467. The lowest BCUT2D eigenvalue weighted by Crippen LogP contribution is -2.42. The second kappa shape index (κ2) is 6.47. The van der Waals surface area contributed by atoms with Crippen molar-refractivity contribution in [1.82, 2.24) is 4.90 Å². The molecule has 2 N–H and O–H groups in total. The van der Waals surface area contributed by atoms with Gasteiger partial charge in [0.25, 0.3) is 0 Å². The number of carboxylic acid groups (broad SMARTS) is 1. The van der Waals surface area contributed by atoms with Crippen molar-refractivity contribution >= 4 is 17.7 Å². The highest BCUT2D eigenvalue weighted by Crippen LogP contribution is 2.32. The first-order chi connectivity index (χ1) is 10.7. The van der Waals surface area contributed by atoms with Gasteiger partial charge in [0.1, 0.15) is 0 Å². The first-order valence-electron chi connectivity index (χ1n) is 7.15. The van der Waals surface area contributed by atoms with Gasteiger partial charge in [0.2, 0.25) is 0 Å². The van der Waals surface area contributed by atoms with Crippen molar-refractivity contribution in [3.63, 3.8) is 0 Å². The number of nitrogens with zero attached hydrogens (tertiary/aromatic N) is 1. The molecule has 1 aromatic rings. The van der Waals surface area contributed by atoms with Crippen LogP contribution in [0.5, 0.6) is 0 Å². The fourth-order valence-corrected chi connectivity index (χ4v) is 2.46. The minimum absolute atomic E-state index is 0.102. The Labute approximate surface area is 131 Å². The average Bonchev–Trinajstić information content (AvgIpc) is 2.48. The third-order valence-electron chi connectivity index (χ3n) is 3.94. The SMILES string of the molecule is Cc1ccc(C(F)(F)F)cc1NC(=O)N1CCC(C(=O)O)CC1. The zero-order valence-electron chi connectivity index (χ0n) is 12.5. The van der Waals surface area contributed by atoms with Gasteiger partial charge < -0.3 is 15.3 Å². The molecule has 1 saturated heterocycles. The lowest BCUT2D eigenvalue weighted by atomic mass is 9.97. The van der Waals surface area contributed by atoms with Gasteiger partial charge in [-0.1, -0.05) is 6.07 Å². The molecule has 1 aliphatic rings. The van der Waals surface area contributed by atoms with Crippen molar-refractivity contribution in [2.75, 3.05) is 18.4 Å². The van der Waals surface area contributed by atoms with Crippen LogP contribution in [0, 0.1) is 12.8 Å². The molecule has 5 nitrogen and oxygen atoms in total. The van der Waals surface area contributed by atoms with Crippen LogP contribution < -0.4 is 5.32 Å². The van der Waals surface area contributed by atoms with E-state index in [4.69, 9.17) is 5.11 Å². The van der Waals surface area contributed by atoms with Crippen LogP contribution in [0.3, 0.4) is 0 Å². The molecule has 126 valence electrons. The number of piperidine rings is 1. The van der Waals surface area contributed by atoms with E-state index in [1.165, 1.54) is 11.0 Å². The van der Waals surface area contributed by atoms with Gasteiger partial charge in [0.05, 0.1) is 11.5 Å². The van der Waals surface area contributed by atoms with Gasteiger partial charge in [-0.2, -0.15) is 13.2 Å². The lowest BCUT2D eigenvalue weighted by Gasteiger charge is -2.30. The molecular formula is C15H17F3N2O3. The summed E-state index contributed by atoms with van der Waals surface area (Å²) < 4.78 is 38.2. The van der Waals surface area contributed by atoms with E-state index in [1.807, 2.05) is 0 Å². The maximum Gasteiger partial charge on any atom is 0.416 e. The summed E-state index contributed by atoms with van der Waals surface area (Å²) in [7, 11) is 0. The number of nitrogens with one attached hydrogen (secondary N) is 1. The molecule has 2 rings (SSSR count). The molecular weight excluding hydrogens is 313 g/mol. The van der Waals surface area contributed by atoms with E-state index in [0.717, 1.165) is 12.1 Å². The van der Waals surface area contributed by atoms with Crippen molar-refractivity contribution < 1.29 is 27.9 Å². The Hall–Kier alpha value is -2.25. The van der Waals surface area contributed by atoms with E-state index in [0.29, 0.717) is 18.4 Å². The Bertz CT molecular complexity index is 608. The van der Waals surface area contributed by atoms with Crippen LogP contribution in [-0.2, 0) is 11.0 Å². The van der Waals surface area contributed by atoms with Crippen LogP contribution in [0.25, 0.3) is 0 Å². The van der Waals surface area contributed by atoms with E-state index in [-0.39, 0.29) is 18.8 Å². The Morgan fingerprint density at radius 2 is 1.87 bits per heavy atom. The van der Waals surface area contributed by atoms with Gasteiger partial charge in [-0.05, 0) is 37.5 Å². The first-order valence-corrected chi connectivity index (χ1v) is 7.15. The molecule has 0 radical (unpaired) electrons. The Balaban J connectivity index is 2.05. The van der Waals surface area contributed by atoms with E-state index in [1.54, 1.807) is 6.92 Å². The molecule has 0 aromatic heterocycles. The minimum atomic E-state index is -4.48. The third-order valence-corrected chi connectivity index (χ3v) is 3.94. The summed E-state index contributed by atoms with van der Waals surface area (Å²) in [5.41, 5.74) is -0.208. The van der Waals surface area contributed by atoms with Gasteiger partial charge in [0.15, 0.2) is 0 Å². The summed E-state index contributed by atoms with van der Waals surface area (Å²) in [4.78, 5) is 24.4. The Kier molecular flexibility index (Phi) is 4.82. The number of hydrogen-bond acceptors (Lipinski definition) is 2. The van der Waals surface area contributed by atoms with Crippen LogP contribution in [0.4, 0.5) is 23.7 Å². The van der Waals surface area contributed by atoms with Crippen molar-refractivity contribution in [2.45, 2.75) is 25.9 Å². The van der Waals surface area contributed by atoms with E-state index >= 15 is 0 Å². The number of anilines is 1. The number of likely N-dealkylation sites (tertiary alicyclic amines) is 1. The first kappa shape index (κ1) is 17.1. The highest BCUT2D eigenvalue weighted by atomic mass is 19.4. The normalized spacial score (nSPS) is 16.3. The Morgan fingerprint density at radius 3 is 2.39 bits per heavy atom. The standard InChI is InChI=1S/C15H17F3N2O3/c1-9-2-3-11(15(16,17)18)8-12(9)19-14(23)20-6-4-10(5-7-20)13(21)22/h2-3,8,10H,4-7H2,1H3,(H,19,23)(H,21,22). The van der Waals surface area contributed by atoms with Crippen LogP contribution in [0.2, 0.25) is 0 Å². The van der Waals surface area contributed by atoms with Crippen LogP contribution in [0.15, 0.2) is 18.2 Å². The number of carbonyl (C=O) groups is 2. The van der Waals surface area contributed by atoms with Crippen LogP contribution in [-0.4, -0.2) is 35.1 Å². The highest BCUT2D eigenvalue weighted by Gasteiger charge is 2.31. The average molecular weight is 330 g/mol. The highest BCUT2D eigenvalue weighted by molar-refractivity contribution is 5.90. The monoisotopic (exact) mass is 330 g/mol. The largest absolute Gasteiger partial charge is 0.481 e. The van der Waals surface area contributed by atoms with Gasteiger partial charge in [0, 0.05) is 18.8 Å². The number of rotatable bonds is 2. The molecule has 1 aliphatic heterocycles. The van der Waals surface area contributed by atoms with Gasteiger partial charge in [-0.15, -0.1) is 0 Å². The number of carbonyl (C=O) groups excluding carboxylic acids is 1. The minimum Gasteiger partial charge on any atom is -0.481 e. The predicted molar refractivity (Wildman–Crippen MR) is 77.1 cm³/mol. The predicted octanol–water partition coefficient (Wildman–Crippen LogP) is 3.34. The topological polar surface area (TPSA) is 69.6 Å². The van der Waals surface area contributed by atoms with Crippen molar-refractivity contribution in [2.24, 2.45) is 5.92 Å². The van der Waals surface area contributed by atoms with E-state index in [2.05, 4.69) is 5.32 Å². The number of amides is 2. The van der Waals surface area contributed by atoms with Crippen molar-refractivity contribution in [3.05, 3.63) is 29.3 Å². The zero-order valence-corrected chi connectivity index (χ0v) is 12.5. The number of hydrogen-bond donors (Lipinski definition) is 2. The Morgan fingerprint density at radius 1 is 1.26 bits per heavy atom. The quantitative estimate of drug-likeness (QED) is 0.874. The molecule has 2 amide bonds.